The third-order valence-corrected chi connectivity index (χ3v) is 8.66. The quantitative estimate of drug-likeness (QED) is 0.331. The van der Waals surface area contributed by atoms with Crippen molar-refractivity contribution in [1.82, 2.24) is 9.21 Å². The number of ether oxygens (including phenoxy) is 2. The second-order valence-corrected chi connectivity index (χ2v) is 11.2. The molecule has 5 rings (SSSR count). The fourth-order valence-electron chi connectivity index (χ4n) is 4.35. The fourth-order valence-corrected chi connectivity index (χ4v) is 5.90. The number of methoxy groups -OCH3 is 1. The summed E-state index contributed by atoms with van der Waals surface area (Å²) in [5, 5.41) is 0.776. The predicted molar refractivity (Wildman–Crippen MR) is 147 cm³/mol. The van der Waals surface area contributed by atoms with Crippen LogP contribution in [0, 0.1) is 0 Å². The van der Waals surface area contributed by atoms with Crippen LogP contribution in [0.5, 0.6) is 11.5 Å². The summed E-state index contributed by atoms with van der Waals surface area (Å²) in [6.07, 6.45) is 0. The molecule has 0 atom stereocenters. The highest BCUT2D eigenvalue weighted by Crippen LogP contribution is 2.32. The standard InChI is InChI=1S/C28H25ClN2O7S/c1-36-21-10-6-19(7-11-21)27-28(26(33)23-4-2-3-5-24(23)38-27)37-18-25(32)30-14-16-31(17-15-30)39(34,35)22-12-8-20(29)9-13-22/h2-13H,14-18H2,1H3. The smallest absolute Gasteiger partial charge is 0.260 e. The number of carbonyl (C=O) groups excluding carboxylic acids is 1. The average Bonchev–Trinajstić information content (AvgIpc) is 2.97. The molecule has 0 radical (unpaired) electrons. The largest absolute Gasteiger partial charge is 0.497 e. The Morgan fingerprint density at radius 2 is 1.62 bits per heavy atom. The van der Waals surface area contributed by atoms with Gasteiger partial charge in [-0.1, -0.05) is 23.7 Å². The molecule has 9 nitrogen and oxygen atoms in total. The van der Waals surface area contributed by atoms with Crippen LogP contribution in [-0.4, -0.2) is 63.4 Å². The van der Waals surface area contributed by atoms with E-state index in [0.29, 0.717) is 27.3 Å². The van der Waals surface area contributed by atoms with Crippen LogP contribution in [0.15, 0.2) is 86.9 Å². The van der Waals surface area contributed by atoms with E-state index in [1.807, 2.05) is 0 Å². The number of hydrogen-bond acceptors (Lipinski definition) is 7. The molecule has 1 aromatic heterocycles. The molecule has 1 aliphatic rings. The van der Waals surface area contributed by atoms with E-state index < -0.39 is 22.1 Å². The number of rotatable bonds is 7. The molecule has 1 aliphatic heterocycles. The molecule has 1 saturated heterocycles. The number of fused-ring (bicyclic) bond motifs is 1. The minimum atomic E-state index is -3.71. The number of benzene rings is 3. The maximum Gasteiger partial charge on any atom is 0.260 e. The van der Waals surface area contributed by atoms with Gasteiger partial charge in [0.1, 0.15) is 11.3 Å². The lowest BCUT2D eigenvalue weighted by Gasteiger charge is -2.34. The Morgan fingerprint density at radius 1 is 0.949 bits per heavy atom. The molecule has 4 aromatic rings. The number of nitrogens with zero attached hydrogens (tertiary/aromatic N) is 2. The van der Waals surface area contributed by atoms with Crippen molar-refractivity contribution in [2.75, 3.05) is 39.9 Å². The molecule has 39 heavy (non-hydrogen) atoms. The van der Waals surface area contributed by atoms with Crippen LogP contribution >= 0.6 is 11.6 Å². The third kappa shape index (κ3) is 5.49. The fraction of sp³-hybridized carbons (Fsp3) is 0.214. The summed E-state index contributed by atoms with van der Waals surface area (Å²) in [5.41, 5.74) is 0.585. The van der Waals surface area contributed by atoms with Gasteiger partial charge < -0.3 is 18.8 Å². The zero-order valence-electron chi connectivity index (χ0n) is 21.0. The number of carbonyl (C=O) groups is 1. The average molecular weight is 569 g/mol. The van der Waals surface area contributed by atoms with Gasteiger partial charge in [-0.15, -0.1) is 0 Å². The molecular formula is C28H25ClN2O7S. The minimum absolute atomic E-state index is 0.0730. The van der Waals surface area contributed by atoms with Gasteiger partial charge >= 0.3 is 0 Å². The Hall–Kier alpha value is -3.86. The van der Waals surface area contributed by atoms with Crippen molar-refractivity contribution in [2.24, 2.45) is 0 Å². The van der Waals surface area contributed by atoms with Gasteiger partial charge in [-0.05, 0) is 60.7 Å². The summed E-state index contributed by atoms with van der Waals surface area (Å²) in [6, 6.07) is 19.7. The summed E-state index contributed by atoms with van der Waals surface area (Å²) < 4.78 is 44.3. The first-order chi connectivity index (χ1) is 18.8. The van der Waals surface area contributed by atoms with Crippen molar-refractivity contribution < 1.29 is 27.1 Å². The van der Waals surface area contributed by atoms with Gasteiger partial charge in [-0.25, -0.2) is 8.42 Å². The van der Waals surface area contributed by atoms with Gasteiger partial charge in [0.2, 0.25) is 21.2 Å². The SMILES string of the molecule is COc1ccc(-c2oc3ccccc3c(=O)c2OCC(=O)N2CCN(S(=O)(=O)c3ccc(Cl)cc3)CC2)cc1. The Labute approximate surface area is 230 Å². The van der Waals surface area contributed by atoms with Crippen molar-refractivity contribution >= 4 is 38.5 Å². The molecule has 1 amide bonds. The lowest BCUT2D eigenvalue weighted by Crippen LogP contribution is -2.51. The third-order valence-electron chi connectivity index (χ3n) is 6.49. The molecule has 0 bridgehead atoms. The van der Waals surface area contributed by atoms with Gasteiger partial charge in [-0.2, -0.15) is 4.31 Å². The molecule has 0 spiro atoms. The van der Waals surface area contributed by atoms with Crippen molar-refractivity contribution in [3.8, 4) is 22.8 Å². The second-order valence-electron chi connectivity index (χ2n) is 8.84. The first-order valence-corrected chi connectivity index (χ1v) is 14.0. The van der Waals surface area contributed by atoms with Crippen LogP contribution in [0.4, 0.5) is 0 Å². The van der Waals surface area contributed by atoms with Gasteiger partial charge in [0, 0.05) is 36.8 Å². The number of sulfonamides is 1. The summed E-state index contributed by atoms with van der Waals surface area (Å²) in [4.78, 5) is 28.0. The van der Waals surface area contributed by atoms with E-state index in [1.165, 1.54) is 33.5 Å². The number of hydrogen-bond donors (Lipinski definition) is 0. The van der Waals surface area contributed by atoms with Crippen molar-refractivity contribution in [3.63, 3.8) is 0 Å². The molecule has 0 saturated carbocycles. The first kappa shape index (κ1) is 26.7. The Bertz CT molecular complexity index is 1660. The molecule has 202 valence electrons. The molecule has 0 aliphatic carbocycles. The lowest BCUT2D eigenvalue weighted by molar-refractivity contribution is -0.134. The van der Waals surface area contributed by atoms with E-state index >= 15 is 0 Å². The molecule has 2 heterocycles. The molecule has 3 aromatic carbocycles. The maximum absolute atomic E-state index is 13.3. The predicted octanol–water partition coefficient (Wildman–Crippen LogP) is 4.03. The zero-order valence-corrected chi connectivity index (χ0v) is 22.6. The number of halogens is 1. The molecule has 0 unspecified atom stereocenters. The highest BCUT2D eigenvalue weighted by molar-refractivity contribution is 7.89. The van der Waals surface area contributed by atoms with Crippen LogP contribution in [-0.2, 0) is 14.8 Å². The maximum atomic E-state index is 13.3. The summed E-state index contributed by atoms with van der Waals surface area (Å²) in [5.74, 6) is 0.396. The minimum Gasteiger partial charge on any atom is -0.497 e. The molecular weight excluding hydrogens is 544 g/mol. The number of piperazine rings is 1. The van der Waals surface area contributed by atoms with Crippen molar-refractivity contribution in [2.45, 2.75) is 4.90 Å². The normalized spacial score (nSPS) is 14.4. The zero-order chi connectivity index (χ0) is 27.6. The summed E-state index contributed by atoms with van der Waals surface area (Å²) >= 11 is 5.88. The van der Waals surface area contributed by atoms with Gasteiger partial charge in [0.05, 0.1) is 17.4 Å². The van der Waals surface area contributed by atoms with Gasteiger partial charge in [0.15, 0.2) is 12.4 Å². The number of amides is 1. The monoisotopic (exact) mass is 568 g/mol. The Balaban J connectivity index is 1.32. The van der Waals surface area contributed by atoms with Gasteiger partial charge in [-0.3, -0.25) is 9.59 Å². The molecule has 0 N–H and O–H groups in total. The Kier molecular flexibility index (Phi) is 7.60. The summed E-state index contributed by atoms with van der Waals surface area (Å²) in [7, 11) is -2.15. The van der Waals surface area contributed by atoms with Crippen LogP contribution in [0.25, 0.3) is 22.3 Å². The Morgan fingerprint density at radius 3 is 2.28 bits per heavy atom. The van der Waals surface area contributed by atoms with Crippen LogP contribution in [0.3, 0.4) is 0 Å². The first-order valence-electron chi connectivity index (χ1n) is 12.1. The highest BCUT2D eigenvalue weighted by Gasteiger charge is 2.30. The topological polar surface area (TPSA) is 106 Å². The van der Waals surface area contributed by atoms with Crippen molar-refractivity contribution in [1.29, 1.82) is 0 Å². The van der Waals surface area contributed by atoms with E-state index in [1.54, 1.807) is 55.6 Å². The van der Waals surface area contributed by atoms with E-state index in [-0.39, 0.29) is 48.5 Å². The van der Waals surface area contributed by atoms with E-state index in [9.17, 15) is 18.0 Å². The highest BCUT2D eigenvalue weighted by atomic mass is 35.5. The van der Waals surface area contributed by atoms with E-state index in [0.717, 1.165) is 0 Å². The van der Waals surface area contributed by atoms with Crippen molar-refractivity contribution in [3.05, 3.63) is 88.0 Å². The van der Waals surface area contributed by atoms with Gasteiger partial charge in [0.25, 0.3) is 5.91 Å². The molecule has 11 heteroatoms. The number of para-hydroxylation sites is 1. The van der Waals surface area contributed by atoms with Crippen LogP contribution in [0.2, 0.25) is 5.02 Å². The van der Waals surface area contributed by atoms with E-state index in [2.05, 4.69) is 0 Å². The summed E-state index contributed by atoms with van der Waals surface area (Å²) in [6.45, 7) is 0.230. The lowest BCUT2D eigenvalue weighted by atomic mass is 10.1. The van der Waals surface area contributed by atoms with Crippen LogP contribution < -0.4 is 14.9 Å². The second kappa shape index (κ2) is 11.1. The molecule has 1 fully saturated rings. The van der Waals surface area contributed by atoms with E-state index in [4.69, 9.17) is 25.5 Å². The van der Waals surface area contributed by atoms with Crippen LogP contribution in [0.1, 0.15) is 0 Å².